The quantitative estimate of drug-likeness (QED) is 0.270. The third-order valence-electron chi connectivity index (χ3n) is 5.43. The molecular formula is C23H28F2IN7. The zero-order valence-electron chi connectivity index (χ0n) is 18.6. The molecule has 3 aromatic rings. The minimum absolute atomic E-state index is 0. The van der Waals surface area contributed by atoms with E-state index in [1.807, 2.05) is 24.8 Å². The van der Waals surface area contributed by atoms with Gasteiger partial charge in [0.2, 0.25) is 0 Å². The fourth-order valence-electron chi connectivity index (χ4n) is 3.84. The molecule has 10 heteroatoms. The molecule has 33 heavy (non-hydrogen) atoms. The lowest BCUT2D eigenvalue weighted by Crippen LogP contribution is -2.44. The van der Waals surface area contributed by atoms with E-state index in [2.05, 4.69) is 25.6 Å². The summed E-state index contributed by atoms with van der Waals surface area (Å²) < 4.78 is 30.4. The van der Waals surface area contributed by atoms with E-state index in [1.54, 1.807) is 35.3 Å². The van der Waals surface area contributed by atoms with E-state index in [-0.39, 0.29) is 41.7 Å². The molecule has 2 aromatic heterocycles. The van der Waals surface area contributed by atoms with Crippen LogP contribution in [-0.4, -0.2) is 46.2 Å². The highest BCUT2D eigenvalue weighted by Gasteiger charge is 2.26. The molecule has 0 saturated carbocycles. The van der Waals surface area contributed by atoms with Gasteiger partial charge in [-0.2, -0.15) is 0 Å². The van der Waals surface area contributed by atoms with E-state index in [4.69, 9.17) is 0 Å². The molecular weight excluding hydrogens is 539 g/mol. The first-order valence-electron chi connectivity index (χ1n) is 10.7. The molecule has 1 aliphatic rings. The molecule has 0 aliphatic carbocycles. The fourth-order valence-corrected chi connectivity index (χ4v) is 3.84. The molecule has 0 spiro atoms. The SMILES string of the molecule is CCNC(=NCc1ccc(-n2ccnc2C)c(F)c1)NC1CCN(c2ncccc2F)C1.I. The first-order valence-corrected chi connectivity index (χ1v) is 10.7. The maximum Gasteiger partial charge on any atom is 0.191 e. The number of aromatic nitrogens is 3. The van der Waals surface area contributed by atoms with E-state index in [9.17, 15) is 8.78 Å². The lowest BCUT2D eigenvalue weighted by atomic mass is 10.2. The average Bonchev–Trinajstić information content (AvgIpc) is 3.42. The van der Waals surface area contributed by atoms with E-state index in [0.29, 0.717) is 43.6 Å². The summed E-state index contributed by atoms with van der Waals surface area (Å²) in [4.78, 5) is 14.9. The predicted molar refractivity (Wildman–Crippen MR) is 136 cm³/mol. The second-order valence-corrected chi connectivity index (χ2v) is 7.71. The zero-order valence-corrected chi connectivity index (χ0v) is 21.0. The van der Waals surface area contributed by atoms with Gasteiger partial charge in [0, 0.05) is 44.3 Å². The number of pyridine rings is 1. The van der Waals surface area contributed by atoms with Gasteiger partial charge in [-0.1, -0.05) is 6.07 Å². The molecule has 2 N–H and O–H groups in total. The molecule has 0 amide bonds. The van der Waals surface area contributed by atoms with E-state index < -0.39 is 0 Å². The highest BCUT2D eigenvalue weighted by atomic mass is 127. The van der Waals surface area contributed by atoms with Crippen molar-refractivity contribution in [2.75, 3.05) is 24.5 Å². The number of hydrogen-bond donors (Lipinski definition) is 2. The third-order valence-corrected chi connectivity index (χ3v) is 5.43. The van der Waals surface area contributed by atoms with Gasteiger partial charge in [-0.3, -0.25) is 0 Å². The van der Waals surface area contributed by atoms with Crippen molar-refractivity contribution in [1.82, 2.24) is 25.2 Å². The molecule has 1 saturated heterocycles. The number of benzene rings is 1. The molecule has 7 nitrogen and oxygen atoms in total. The van der Waals surface area contributed by atoms with Crippen LogP contribution in [0.15, 0.2) is 53.9 Å². The second-order valence-electron chi connectivity index (χ2n) is 7.71. The zero-order chi connectivity index (χ0) is 22.5. The highest BCUT2D eigenvalue weighted by molar-refractivity contribution is 14.0. The van der Waals surface area contributed by atoms with E-state index in [0.717, 1.165) is 17.8 Å². The summed E-state index contributed by atoms with van der Waals surface area (Å²) in [5, 5.41) is 6.63. The van der Waals surface area contributed by atoms with Crippen molar-refractivity contribution >= 4 is 35.8 Å². The lowest BCUT2D eigenvalue weighted by molar-refractivity contribution is 0.611. The predicted octanol–water partition coefficient (Wildman–Crippen LogP) is 3.81. The average molecular weight is 567 g/mol. The summed E-state index contributed by atoms with van der Waals surface area (Å²) in [5.74, 6) is 1.12. The number of aliphatic imine (C=N–C) groups is 1. The normalized spacial score (nSPS) is 15.9. The first-order chi connectivity index (χ1) is 15.5. The van der Waals surface area contributed by atoms with Crippen LogP contribution in [0.25, 0.3) is 5.69 Å². The van der Waals surface area contributed by atoms with Crippen molar-refractivity contribution < 1.29 is 8.78 Å². The van der Waals surface area contributed by atoms with Gasteiger partial charge in [-0.25, -0.2) is 23.7 Å². The van der Waals surface area contributed by atoms with Gasteiger partial charge in [0.1, 0.15) is 11.6 Å². The van der Waals surface area contributed by atoms with Gasteiger partial charge >= 0.3 is 0 Å². The number of guanidine groups is 1. The first kappa shape index (κ1) is 24.9. The minimum atomic E-state index is -0.319. The van der Waals surface area contributed by atoms with Crippen LogP contribution in [-0.2, 0) is 6.54 Å². The van der Waals surface area contributed by atoms with Gasteiger partial charge in [0.15, 0.2) is 17.6 Å². The number of imidazole rings is 1. The minimum Gasteiger partial charge on any atom is -0.357 e. The third kappa shape index (κ3) is 5.98. The molecule has 3 heterocycles. The maximum atomic E-state index is 14.7. The van der Waals surface area contributed by atoms with Gasteiger partial charge in [0.25, 0.3) is 0 Å². The van der Waals surface area contributed by atoms with Crippen molar-refractivity contribution in [3.63, 3.8) is 0 Å². The Labute approximate surface area is 209 Å². The molecule has 1 unspecified atom stereocenters. The number of nitrogens with one attached hydrogen (secondary N) is 2. The van der Waals surface area contributed by atoms with Crippen LogP contribution in [0.4, 0.5) is 14.6 Å². The molecule has 0 bridgehead atoms. The smallest absolute Gasteiger partial charge is 0.191 e. The van der Waals surface area contributed by atoms with Crippen LogP contribution < -0.4 is 15.5 Å². The Balaban J connectivity index is 0.00000306. The Hall–Kier alpha value is -2.76. The lowest BCUT2D eigenvalue weighted by Gasteiger charge is -2.20. The van der Waals surface area contributed by atoms with Crippen molar-refractivity contribution in [1.29, 1.82) is 0 Å². The molecule has 4 rings (SSSR count). The topological polar surface area (TPSA) is 70.4 Å². The summed E-state index contributed by atoms with van der Waals surface area (Å²) in [5.41, 5.74) is 1.23. The summed E-state index contributed by atoms with van der Waals surface area (Å²) >= 11 is 0. The van der Waals surface area contributed by atoms with Gasteiger partial charge in [0.05, 0.1) is 12.2 Å². The van der Waals surface area contributed by atoms with Crippen LogP contribution in [0.2, 0.25) is 0 Å². The fraction of sp³-hybridized carbons (Fsp3) is 0.348. The largest absolute Gasteiger partial charge is 0.357 e. The van der Waals surface area contributed by atoms with Crippen molar-refractivity contribution in [2.24, 2.45) is 4.99 Å². The van der Waals surface area contributed by atoms with Crippen LogP contribution >= 0.6 is 24.0 Å². The molecule has 1 fully saturated rings. The number of aryl methyl sites for hydroxylation is 1. The standard InChI is InChI=1S/C23H27F2N7.HI/c1-3-26-23(30-18-8-11-31(15-18)22-19(24)5-4-9-28-22)29-14-17-6-7-21(20(25)13-17)32-12-10-27-16(32)2;/h4-7,9-10,12-13,18H,3,8,11,14-15H2,1-2H3,(H2,26,29,30);1H. The molecule has 1 aromatic carbocycles. The molecule has 0 radical (unpaired) electrons. The Kier molecular flexibility index (Phi) is 8.59. The Morgan fingerprint density at radius 2 is 2.03 bits per heavy atom. The number of halogens is 3. The Bertz CT molecular complexity index is 1100. The van der Waals surface area contributed by atoms with Crippen LogP contribution in [0.1, 0.15) is 24.7 Å². The second kappa shape index (κ2) is 11.4. The summed E-state index contributed by atoms with van der Waals surface area (Å²) in [6.07, 6.45) is 5.82. The summed E-state index contributed by atoms with van der Waals surface area (Å²) in [7, 11) is 0. The molecule has 1 aliphatic heterocycles. The van der Waals surface area contributed by atoms with Gasteiger partial charge < -0.3 is 20.1 Å². The maximum absolute atomic E-state index is 14.7. The Morgan fingerprint density at radius 1 is 1.18 bits per heavy atom. The number of nitrogens with zero attached hydrogens (tertiary/aromatic N) is 5. The number of anilines is 1. The van der Waals surface area contributed by atoms with Crippen LogP contribution in [0.5, 0.6) is 0 Å². The molecule has 1 atom stereocenters. The highest BCUT2D eigenvalue weighted by Crippen LogP contribution is 2.21. The number of rotatable bonds is 6. The van der Waals surface area contributed by atoms with Gasteiger partial charge in [-0.15, -0.1) is 24.0 Å². The summed E-state index contributed by atoms with van der Waals surface area (Å²) in [6, 6.07) is 8.23. The van der Waals surface area contributed by atoms with Crippen LogP contribution in [0, 0.1) is 18.6 Å². The number of hydrogen-bond acceptors (Lipinski definition) is 4. The Morgan fingerprint density at radius 3 is 2.73 bits per heavy atom. The van der Waals surface area contributed by atoms with Crippen LogP contribution in [0.3, 0.4) is 0 Å². The van der Waals surface area contributed by atoms with Crippen molar-refractivity contribution in [3.8, 4) is 5.69 Å². The monoisotopic (exact) mass is 567 g/mol. The summed E-state index contributed by atoms with van der Waals surface area (Å²) in [6.45, 7) is 6.20. The van der Waals surface area contributed by atoms with Gasteiger partial charge in [-0.05, 0) is 50.1 Å². The van der Waals surface area contributed by atoms with E-state index in [1.165, 1.54) is 12.1 Å². The molecule has 176 valence electrons. The van der Waals surface area contributed by atoms with Crippen molar-refractivity contribution in [2.45, 2.75) is 32.9 Å². The van der Waals surface area contributed by atoms with Crippen molar-refractivity contribution in [3.05, 3.63) is 71.9 Å². The van der Waals surface area contributed by atoms with E-state index >= 15 is 0 Å².